The third-order valence-corrected chi connectivity index (χ3v) is 5.62. The first-order chi connectivity index (χ1) is 13.1. The highest BCUT2D eigenvalue weighted by Crippen LogP contribution is 2.17. The molecule has 7 heteroatoms. The van der Waals surface area contributed by atoms with Gasteiger partial charge in [0, 0.05) is 44.3 Å². The van der Waals surface area contributed by atoms with Crippen LogP contribution in [0.2, 0.25) is 0 Å². The summed E-state index contributed by atoms with van der Waals surface area (Å²) in [5.74, 6) is 0.735. The van der Waals surface area contributed by atoms with Crippen LogP contribution in [0.25, 0.3) is 0 Å². The van der Waals surface area contributed by atoms with Crippen LogP contribution in [-0.2, 0) is 0 Å². The number of carbonyl (C=O) groups excluding carboxylic acids is 2. The summed E-state index contributed by atoms with van der Waals surface area (Å²) >= 11 is 0. The Kier molecular flexibility index (Phi) is 6.55. The van der Waals surface area contributed by atoms with Gasteiger partial charge in [-0.25, -0.2) is 4.79 Å². The van der Waals surface area contributed by atoms with Gasteiger partial charge in [-0.2, -0.15) is 0 Å². The maximum absolute atomic E-state index is 12.6. The molecule has 0 radical (unpaired) electrons. The molecule has 7 nitrogen and oxygen atoms in total. The number of likely N-dealkylation sites (tertiary alicyclic amines) is 1. The number of carbonyl (C=O) groups is 2. The Morgan fingerprint density at radius 3 is 2.33 bits per heavy atom. The van der Waals surface area contributed by atoms with Crippen molar-refractivity contribution >= 4 is 11.9 Å². The minimum Gasteiger partial charge on any atom is -0.497 e. The molecule has 2 aliphatic heterocycles. The van der Waals surface area contributed by atoms with Crippen molar-refractivity contribution in [1.29, 1.82) is 0 Å². The third-order valence-electron chi connectivity index (χ3n) is 5.62. The second-order valence-electron chi connectivity index (χ2n) is 7.31. The normalized spacial score (nSPS) is 20.6. The molecule has 2 fully saturated rings. The van der Waals surface area contributed by atoms with Crippen LogP contribution in [0.15, 0.2) is 24.3 Å². The van der Waals surface area contributed by atoms with Crippen LogP contribution in [0.5, 0.6) is 5.75 Å². The van der Waals surface area contributed by atoms with Gasteiger partial charge in [-0.3, -0.25) is 4.79 Å². The van der Waals surface area contributed by atoms with Crippen molar-refractivity contribution in [2.75, 3.05) is 53.4 Å². The summed E-state index contributed by atoms with van der Waals surface area (Å²) in [6, 6.07) is 7.70. The highest BCUT2D eigenvalue weighted by Gasteiger charge is 2.25. The summed E-state index contributed by atoms with van der Waals surface area (Å²) in [5, 5.41) is 3.03. The molecule has 2 saturated heterocycles. The summed E-state index contributed by atoms with van der Waals surface area (Å²) in [7, 11) is 3.76. The van der Waals surface area contributed by atoms with Crippen LogP contribution in [0, 0.1) is 0 Å². The van der Waals surface area contributed by atoms with Crippen LogP contribution >= 0.6 is 0 Å². The highest BCUT2D eigenvalue weighted by molar-refractivity contribution is 5.94. The molecule has 3 amide bonds. The molecule has 148 valence electrons. The van der Waals surface area contributed by atoms with E-state index in [0.29, 0.717) is 44.3 Å². The second kappa shape index (κ2) is 9.08. The lowest BCUT2D eigenvalue weighted by Gasteiger charge is -2.35. The van der Waals surface area contributed by atoms with Gasteiger partial charge in [0.1, 0.15) is 5.75 Å². The standard InChI is InChI=1S/C20H30N4O3/c1-22-11-3-4-17(22)9-10-21-20(26)24-14-12-23(13-15-24)19(25)16-5-7-18(27-2)8-6-16/h5-8,17H,3-4,9-15H2,1-2H3,(H,21,26)/t17-/m1/s1. The number of piperazine rings is 1. The van der Waals surface area contributed by atoms with Crippen molar-refractivity contribution in [3.8, 4) is 5.75 Å². The fourth-order valence-corrected chi connectivity index (χ4v) is 3.83. The van der Waals surface area contributed by atoms with Crippen molar-refractivity contribution < 1.29 is 14.3 Å². The molecule has 1 aromatic carbocycles. The lowest BCUT2D eigenvalue weighted by Crippen LogP contribution is -2.53. The van der Waals surface area contributed by atoms with Gasteiger partial charge >= 0.3 is 6.03 Å². The molecule has 0 saturated carbocycles. The van der Waals surface area contributed by atoms with Gasteiger partial charge in [-0.05, 0) is 57.1 Å². The second-order valence-corrected chi connectivity index (χ2v) is 7.31. The van der Waals surface area contributed by atoms with E-state index in [1.54, 1.807) is 41.2 Å². The number of amides is 3. The SMILES string of the molecule is COc1ccc(C(=O)N2CCN(C(=O)NCC[C@H]3CCCN3C)CC2)cc1. The number of methoxy groups -OCH3 is 1. The summed E-state index contributed by atoms with van der Waals surface area (Å²) < 4.78 is 5.13. The zero-order valence-corrected chi connectivity index (χ0v) is 16.3. The summed E-state index contributed by atoms with van der Waals surface area (Å²) in [6.45, 7) is 4.11. The first-order valence-electron chi connectivity index (χ1n) is 9.75. The van der Waals surface area contributed by atoms with Crippen molar-refractivity contribution in [2.45, 2.75) is 25.3 Å². The first kappa shape index (κ1) is 19.5. The predicted octanol–water partition coefficient (Wildman–Crippen LogP) is 1.65. The maximum atomic E-state index is 12.6. The average molecular weight is 374 g/mol. The van der Waals surface area contributed by atoms with Gasteiger partial charge in [-0.1, -0.05) is 0 Å². The van der Waals surface area contributed by atoms with E-state index in [9.17, 15) is 9.59 Å². The van der Waals surface area contributed by atoms with E-state index in [2.05, 4.69) is 17.3 Å². The number of benzene rings is 1. The number of hydrogen-bond acceptors (Lipinski definition) is 4. The van der Waals surface area contributed by atoms with Crippen molar-refractivity contribution in [3.05, 3.63) is 29.8 Å². The average Bonchev–Trinajstić information content (AvgIpc) is 3.12. The third kappa shape index (κ3) is 4.91. The number of rotatable bonds is 5. The van der Waals surface area contributed by atoms with E-state index < -0.39 is 0 Å². The largest absolute Gasteiger partial charge is 0.497 e. The smallest absolute Gasteiger partial charge is 0.317 e. The minimum atomic E-state index is -0.0211. The molecule has 2 aliphatic rings. The number of hydrogen-bond donors (Lipinski definition) is 1. The van der Waals surface area contributed by atoms with Crippen molar-refractivity contribution in [2.24, 2.45) is 0 Å². The molecule has 1 N–H and O–H groups in total. The van der Waals surface area contributed by atoms with Crippen LogP contribution in [0.4, 0.5) is 4.79 Å². The van der Waals surface area contributed by atoms with Gasteiger partial charge in [0.05, 0.1) is 7.11 Å². The van der Waals surface area contributed by atoms with Gasteiger partial charge in [0.2, 0.25) is 0 Å². The molecular weight excluding hydrogens is 344 g/mol. The van der Waals surface area contributed by atoms with Crippen molar-refractivity contribution in [1.82, 2.24) is 20.0 Å². The Morgan fingerprint density at radius 1 is 1.07 bits per heavy atom. The number of nitrogens with zero attached hydrogens (tertiary/aromatic N) is 3. The molecule has 0 aliphatic carbocycles. The molecule has 0 spiro atoms. The molecular formula is C20H30N4O3. The Morgan fingerprint density at radius 2 is 1.74 bits per heavy atom. The zero-order chi connectivity index (χ0) is 19.2. The van der Waals surface area contributed by atoms with Gasteiger partial charge < -0.3 is 24.8 Å². The lowest BCUT2D eigenvalue weighted by atomic mass is 10.1. The maximum Gasteiger partial charge on any atom is 0.317 e. The number of urea groups is 1. The van der Waals surface area contributed by atoms with Crippen LogP contribution in [0.3, 0.4) is 0 Å². The fourth-order valence-electron chi connectivity index (χ4n) is 3.83. The molecule has 0 bridgehead atoms. The Hall–Kier alpha value is -2.28. The van der Waals surface area contributed by atoms with E-state index in [0.717, 1.165) is 18.7 Å². The quantitative estimate of drug-likeness (QED) is 0.851. The number of ether oxygens (including phenoxy) is 1. The van der Waals surface area contributed by atoms with E-state index in [1.165, 1.54) is 12.8 Å². The van der Waals surface area contributed by atoms with Gasteiger partial charge in [0.15, 0.2) is 0 Å². The van der Waals surface area contributed by atoms with E-state index in [1.807, 2.05) is 0 Å². The molecule has 1 aromatic rings. The summed E-state index contributed by atoms with van der Waals surface area (Å²) in [6.07, 6.45) is 3.47. The first-order valence-corrected chi connectivity index (χ1v) is 9.75. The number of nitrogens with one attached hydrogen (secondary N) is 1. The van der Waals surface area contributed by atoms with E-state index >= 15 is 0 Å². The Balaban J connectivity index is 1.41. The molecule has 0 aromatic heterocycles. The van der Waals surface area contributed by atoms with Crippen LogP contribution in [0.1, 0.15) is 29.6 Å². The highest BCUT2D eigenvalue weighted by atomic mass is 16.5. The molecule has 2 heterocycles. The molecule has 3 rings (SSSR count). The summed E-state index contributed by atoms with van der Waals surface area (Å²) in [5.41, 5.74) is 0.648. The Bertz CT molecular complexity index is 641. The fraction of sp³-hybridized carbons (Fsp3) is 0.600. The van der Waals surface area contributed by atoms with Crippen molar-refractivity contribution in [3.63, 3.8) is 0 Å². The lowest BCUT2D eigenvalue weighted by molar-refractivity contribution is 0.0665. The Labute approximate surface area is 161 Å². The van der Waals surface area contributed by atoms with Gasteiger partial charge in [-0.15, -0.1) is 0 Å². The van der Waals surface area contributed by atoms with E-state index in [4.69, 9.17) is 4.74 Å². The minimum absolute atomic E-state index is 0.00184. The topological polar surface area (TPSA) is 65.1 Å². The summed E-state index contributed by atoms with van der Waals surface area (Å²) in [4.78, 5) is 30.9. The monoisotopic (exact) mass is 374 g/mol. The van der Waals surface area contributed by atoms with Crippen LogP contribution < -0.4 is 10.1 Å². The van der Waals surface area contributed by atoms with Crippen LogP contribution in [-0.4, -0.2) is 86.1 Å². The molecule has 0 unspecified atom stereocenters. The predicted molar refractivity (Wildman–Crippen MR) is 104 cm³/mol. The zero-order valence-electron chi connectivity index (χ0n) is 16.3. The van der Waals surface area contributed by atoms with E-state index in [-0.39, 0.29) is 11.9 Å². The molecule has 1 atom stereocenters. The van der Waals surface area contributed by atoms with Gasteiger partial charge in [0.25, 0.3) is 5.91 Å². The molecule has 27 heavy (non-hydrogen) atoms.